The molecule has 0 bridgehead atoms. The molecule has 0 aromatic carbocycles. The molecule has 5 nitrogen and oxygen atoms in total. The van der Waals surface area contributed by atoms with Crippen LogP contribution in [0.5, 0.6) is 0 Å². The van der Waals surface area contributed by atoms with Crippen LogP contribution in [0.4, 0.5) is 0 Å². The molecule has 0 unspecified atom stereocenters. The van der Waals surface area contributed by atoms with E-state index in [1.165, 1.54) is 0 Å². The molecular formula is C9H11N3O2S. The largest absolute Gasteiger partial charge is 0.481 e. The van der Waals surface area contributed by atoms with Gasteiger partial charge in [-0.05, 0) is 0 Å². The maximum atomic E-state index is 10.3. The van der Waals surface area contributed by atoms with Gasteiger partial charge in [-0.1, -0.05) is 0 Å². The molecule has 0 aliphatic carbocycles. The zero-order chi connectivity index (χ0) is 10.7. The number of hydrogen-bond acceptors (Lipinski definition) is 4. The van der Waals surface area contributed by atoms with Crippen LogP contribution in [0.15, 0.2) is 17.8 Å². The minimum Gasteiger partial charge on any atom is -0.481 e. The third-order valence-corrected chi connectivity index (χ3v) is 2.74. The van der Waals surface area contributed by atoms with E-state index >= 15 is 0 Å². The summed E-state index contributed by atoms with van der Waals surface area (Å²) >= 11 is 1.58. The van der Waals surface area contributed by atoms with Gasteiger partial charge in [0.05, 0.1) is 12.1 Å². The average molecular weight is 225 g/mol. The van der Waals surface area contributed by atoms with Gasteiger partial charge in [-0.3, -0.25) is 9.20 Å². The Labute approximate surface area is 90.4 Å². The number of thiazole rings is 1. The van der Waals surface area contributed by atoms with E-state index in [4.69, 9.17) is 5.11 Å². The van der Waals surface area contributed by atoms with Crippen molar-refractivity contribution >= 4 is 22.3 Å². The van der Waals surface area contributed by atoms with Gasteiger partial charge in [-0.15, -0.1) is 11.3 Å². The summed E-state index contributed by atoms with van der Waals surface area (Å²) in [5.74, 6) is -0.784. The van der Waals surface area contributed by atoms with Crippen LogP contribution in [0.2, 0.25) is 0 Å². The summed E-state index contributed by atoms with van der Waals surface area (Å²) in [5, 5.41) is 13.4. The molecule has 2 heterocycles. The molecule has 80 valence electrons. The van der Waals surface area contributed by atoms with Crippen LogP contribution in [-0.4, -0.2) is 27.0 Å². The lowest BCUT2D eigenvalue weighted by Crippen LogP contribution is -2.17. The summed E-state index contributed by atoms with van der Waals surface area (Å²) in [7, 11) is 0. The fourth-order valence-corrected chi connectivity index (χ4v) is 1.99. The predicted molar refractivity (Wildman–Crippen MR) is 57.0 cm³/mol. The number of aliphatic carboxylic acids is 1. The lowest BCUT2D eigenvalue weighted by Gasteiger charge is -1.98. The normalized spacial score (nSPS) is 10.9. The number of hydrogen-bond donors (Lipinski definition) is 2. The maximum absolute atomic E-state index is 10.3. The molecule has 2 N–H and O–H groups in total. The van der Waals surface area contributed by atoms with Gasteiger partial charge in [-0.25, -0.2) is 4.98 Å². The lowest BCUT2D eigenvalue weighted by molar-refractivity contribution is -0.136. The summed E-state index contributed by atoms with van der Waals surface area (Å²) in [5.41, 5.74) is 0.937. The van der Waals surface area contributed by atoms with Crippen LogP contribution >= 0.6 is 11.3 Å². The molecule has 0 fully saturated rings. The van der Waals surface area contributed by atoms with Crippen molar-refractivity contribution in [1.29, 1.82) is 0 Å². The van der Waals surface area contributed by atoms with Gasteiger partial charge >= 0.3 is 5.97 Å². The number of nitrogens with zero attached hydrogens (tertiary/aromatic N) is 2. The molecule has 6 heteroatoms. The van der Waals surface area contributed by atoms with E-state index in [0.29, 0.717) is 13.1 Å². The molecule has 0 radical (unpaired) electrons. The van der Waals surface area contributed by atoms with Crippen LogP contribution in [-0.2, 0) is 11.3 Å². The van der Waals surface area contributed by atoms with E-state index in [1.807, 2.05) is 22.2 Å². The van der Waals surface area contributed by atoms with Gasteiger partial charge in [0.1, 0.15) is 0 Å². The topological polar surface area (TPSA) is 66.6 Å². The zero-order valence-electron chi connectivity index (χ0n) is 8.01. The number of imidazole rings is 1. The van der Waals surface area contributed by atoms with Crippen molar-refractivity contribution in [2.75, 3.05) is 6.54 Å². The smallest absolute Gasteiger partial charge is 0.304 e. The molecule has 0 aliphatic heterocycles. The van der Waals surface area contributed by atoms with Gasteiger partial charge in [0, 0.05) is 30.9 Å². The first-order chi connectivity index (χ1) is 7.25. The molecule has 2 rings (SSSR count). The van der Waals surface area contributed by atoms with Crippen molar-refractivity contribution < 1.29 is 9.90 Å². The highest BCUT2D eigenvalue weighted by Crippen LogP contribution is 2.10. The van der Waals surface area contributed by atoms with Gasteiger partial charge in [-0.2, -0.15) is 0 Å². The van der Waals surface area contributed by atoms with E-state index in [1.54, 1.807) is 11.3 Å². The summed E-state index contributed by atoms with van der Waals surface area (Å²) in [4.78, 5) is 15.6. The third-order valence-electron chi connectivity index (χ3n) is 1.96. The maximum Gasteiger partial charge on any atom is 0.304 e. The van der Waals surface area contributed by atoms with Crippen molar-refractivity contribution in [1.82, 2.24) is 14.7 Å². The number of carbonyl (C=O) groups is 1. The van der Waals surface area contributed by atoms with Crippen LogP contribution in [0.3, 0.4) is 0 Å². The summed E-state index contributed by atoms with van der Waals surface area (Å²) in [6.07, 6.45) is 4.04. The minimum absolute atomic E-state index is 0.141. The highest BCUT2D eigenvalue weighted by atomic mass is 32.1. The standard InChI is InChI=1S/C9H11N3O2S/c13-8(14)1-2-10-5-7-6-12-3-4-15-9(12)11-7/h3-4,6,10H,1-2,5H2,(H,13,14). The van der Waals surface area contributed by atoms with Crippen molar-refractivity contribution in [3.63, 3.8) is 0 Å². The average Bonchev–Trinajstić information content (AvgIpc) is 2.71. The highest BCUT2D eigenvalue weighted by molar-refractivity contribution is 7.15. The quantitative estimate of drug-likeness (QED) is 0.744. The minimum atomic E-state index is -0.784. The van der Waals surface area contributed by atoms with E-state index in [-0.39, 0.29) is 6.42 Å². The number of rotatable bonds is 5. The fourth-order valence-electron chi connectivity index (χ4n) is 1.27. The SMILES string of the molecule is O=C(O)CCNCc1cn2ccsc2n1. The van der Waals surface area contributed by atoms with E-state index < -0.39 is 5.97 Å². The van der Waals surface area contributed by atoms with Gasteiger partial charge in [0.15, 0.2) is 4.96 Å². The Hall–Kier alpha value is -1.40. The number of carboxylic acids is 1. The van der Waals surface area contributed by atoms with Crippen molar-refractivity contribution in [2.24, 2.45) is 0 Å². The molecule has 0 amide bonds. The van der Waals surface area contributed by atoms with Gasteiger partial charge in [0.25, 0.3) is 0 Å². The monoisotopic (exact) mass is 225 g/mol. The second-order valence-electron chi connectivity index (χ2n) is 3.15. The third kappa shape index (κ3) is 2.54. The Morgan fingerprint density at radius 2 is 2.53 bits per heavy atom. The van der Waals surface area contributed by atoms with Crippen LogP contribution < -0.4 is 5.32 Å². The molecule has 15 heavy (non-hydrogen) atoms. The lowest BCUT2D eigenvalue weighted by atomic mass is 10.4. The summed E-state index contributed by atoms with van der Waals surface area (Å²) in [6, 6.07) is 0. The second-order valence-corrected chi connectivity index (χ2v) is 4.02. The Morgan fingerprint density at radius 3 is 3.27 bits per heavy atom. The van der Waals surface area contributed by atoms with Crippen LogP contribution in [0.1, 0.15) is 12.1 Å². The molecular weight excluding hydrogens is 214 g/mol. The Morgan fingerprint density at radius 1 is 1.67 bits per heavy atom. The van der Waals surface area contributed by atoms with Crippen molar-refractivity contribution in [3.8, 4) is 0 Å². The molecule has 0 aliphatic rings. The molecule has 0 saturated carbocycles. The molecule has 0 atom stereocenters. The van der Waals surface area contributed by atoms with E-state index in [9.17, 15) is 4.79 Å². The van der Waals surface area contributed by atoms with Crippen LogP contribution in [0, 0.1) is 0 Å². The molecule has 0 saturated heterocycles. The number of carboxylic acid groups (broad SMARTS) is 1. The Kier molecular flexibility index (Phi) is 2.98. The molecule has 2 aromatic rings. The second kappa shape index (κ2) is 4.41. The van der Waals surface area contributed by atoms with Gasteiger partial charge < -0.3 is 10.4 Å². The number of aromatic nitrogens is 2. The Balaban J connectivity index is 1.84. The first-order valence-corrected chi connectivity index (χ1v) is 5.47. The van der Waals surface area contributed by atoms with E-state index in [0.717, 1.165) is 10.7 Å². The predicted octanol–water partition coefficient (Wildman–Crippen LogP) is 0.960. The van der Waals surface area contributed by atoms with Crippen molar-refractivity contribution in [3.05, 3.63) is 23.5 Å². The van der Waals surface area contributed by atoms with Crippen molar-refractivity contribution in [2.45, 2.75) is 13.0 Å². The number of fused-ring (bicyclic) bond motifs is 1. The number of nitrogens with one attached hydrogen (secondary N) is 1. The molecule has 0 spiro atoms. The molecule has 2 aromatic heterocycles. The summed E-state index contributed by atoms with van der Waals surface area (Å²) in [6.45, 7) is 1.09. The summed E-state index contributed by atoms with van der Waals surface area (Å²) < 4.78 is 1.96. The van der Waals surface area contributed by atoms with Crippen LogP contribution in [0.25, 0.3) is 4.96 Å². The first kappa shape index (κ1) is 10.1. The zero-order valence-corrected chi connectivity index (χ0v) is 8.83. The Bertz CT molecular complexity index is 434. The van der Waals surface area contributed by atoms with E-state index in [2.05, 4.69) is 10.3 Å². The van der Waals surface area contributed by atoms with Gasteiger partial charge in [0.2, 0.25) is 0 Å². The fraction of sp³-hybridized carbons (Fsp3) is 0.333. The highest BCUT2D eigenvalue weighted by Gasteiger charge is 2.02. The first-order valence-electron chi connectivity index (χ1n) is 4.59.